The van der Waals surface area contributed by atoms with Gasteiger partial charge in [-0.25, -0.2) is 14.4 Å². The molecule has 4 aromatic rings. The monoisotopic (exact) mass is 517 g/mol. The highest BCUT2D eigenvalue weighted by molar-refractivity contribution is 5.91. The molecule has 0 aliphatic carbocycles. The lowest BCUT2D eigenvalue weighted by molar-refractivity contribution is 0.152. The van der Waals surface area contributed by atoms with Gasteiger partial charge in [0.05, 0.1) is 36.4 Å². The molecular weight excluding hydrogens is 481 g/mol. The second kappa shape index (κ2) is 10.8. The minimum atomic E-state index is -0.215. The normalized spacial score (nSPS) is 17.8. The number of fused-ring (bicyclic) bond motifs is 1. The van der Waals surface area contributed by atoms with Gasteiger partial charge in [0.25, 0.3) is 0 Å². The van der Waals surface area contributed by atoms with Gasteiger partial charge in [0, 0.05) is 61.9 Å². The zero-order chi connectivity index (χ0) is 26.1. The number of nitrogens with zero attached hydrogens (tertiary/aromatic N) is 6. The molecule has 5 heterocycles. The van der Waals surface area contributed by atoms with Crippen molar-refractivity contribution in [1.82, 2.24) is 29.6 Å². The van der Waals surface area contributed by atoms with Crippen LogP contribution in [0.4, 0.5) is 10.1 Å². The van der Waals surface area contributed by atoms with Crippen molar-refractivity contribution in [2.24, 2.45) is 0 Å². The van der Waals surface area contributed by atoms with Crippen LogP contribution in [0.15, 0.2) is 36.9 Å². The van der Waals surface area contributed by atoms with E-state index in [-0.39, 0.29) is 5.82 Å². The highest BCUT2D eigenvalue weighted by Crippen LogP contribution is 2.34. The number of hydrogen-bond acceptors (Lipinski definition) is 6. The number of likely N-dealkylation sites (tertiary alicyclic amines) is 1. The number of hydrogen-bond donors (Lipinski definition) is 1. The van der Waals surface area contributed by atoms with Crippen LogP contribution in [0.25, 0.3) is 33.5 Å². The number of aryl methyl sites for hydroxylation is 1. The highest BCUT2D eigenvalue weighted by Gasteiger charge is 2.22. The summed E-state index contributed by atoms with van der Waals surface area (Å²) in [6.07, 6.45) is 11.6. The molecule has 2 aliphatic heterocycles. The number of halogens is 1. The SMILES string of the molecule is CCc1cc(-c2cnc3[nH]cc(-c4cnn(C5CCN(CC)CC5)c4)c3n2)cc(F)c1N1CCCOCC1. The topological polar surface area (TPSA) is 75.1 Å². The van der Waals surface area contributed by atoms with Crippen LogP contribution in [-0.2, 0) is 11.2 Å². The predicted octanol–water partition coefficient (Wildman–Crippen LogP) is 5.07. The summed E-state index contributed by atoms with van der Waals surface area (Å²) in [4.78, 5) is 17.4. The molecule has 0 atom stereocenters. The molecular formula is C29H36FN7O. The van der Waals surface area contributed by atoms with Crippen molar-refractivity contribution >= 4 is 16.9 Å². The third-order valence-electron chi connectivity index (χ3n) is 8.03. The average molecular weight is 518 g/mol. The summed E-state index contributed by atoms with van der Waals surface area (Å²) in [5, 5.41) is 4.70. The Balaban J connectivity index is 1.31. The molecule has 2 aliphatic rings. The summed E-state index contributed by atoms with van der Waals surface area (Å²) < 4.78 is 23.3. The maximum absolute atomic E-state index is 15.6. The number of piperidine rings is 1. The molecule has 8 nitrogen and oxygen atoms in total. The number of rotatable bonds is 6. The number of aromatic nitrogens is 5. The van der Waals surface area contributed by atoms with Crippen LogP contribution in [0, 0.1) is 5.82 Å². The van der Waals surface area contributed by atoms with E-state index in [9.17, 15) is 0 Å². The second-order valence-corrected chi connectivity index (χ2v) is 10.3. The van der Waals surface area contributed by atoms with Gasteiger partial charge in [-0.2, -0.15) is 5.10 Å². The third-order valence-corrected chi connectivity index (χ3v) is 8.03. The van der Waals surface area contributed by atoms with Crippen LogP contribution < -0.4 is 4.90 Å². The minimum absolute atomic E-state index is 0.215. The quantitative estimate of drug-likeness (QED) is 0.385. The molecule has 6 rings (SSSR count). The van der Waals surface area contributed by atoms with Gasteiger partial charge >= 0.3 is 0 Å². The number of anilines is 1. The highest BCUT2D eigenvalue weighted by atomic mass is 19.1. The van der Waals surface area contributed by atoms with E-state index >= 15 is 4.39 Å². The van der Waals surface area contributed by atoms with Crippen LogP contribution in [0.1, 0.15) is 44.7 Å². The van der Waals surface area contributed by atoms with E-state index in [4.69, 9.17) is 14.8 Å². The fourth-order valence-electron chi connectivity index (χ4n) is 5.82. The Morgan fingerprint density at radius 2 is 1.92 bits per heavy atom. The van der Waals surface area contributed by atoms with Crippen molar-refractivity contribution in [2.45, 2.75) is 45.6 Å². The van der Waals surface area contributed by atoms with Crippen molar-refractivity contribution in [3.8, 4) is 22.4 Å². The largest absolute Gasteiger partial charge is 0.380 e. The number of benzene rings is 1. The summed E-state index contributed by atoms with van der Waals surface area (Å²) in [6.45, 7) is 10.5. The molecule has 9 heteroatoms. The van der Waals surface area contributed by atoms with Gasteiger partial charge in [0.2, 0.25) is 0 Å². The van der Waals surface area contributed by atoms with Gasteiger partial charge in [-0.1, -0.05) is 13.8 Å². The van der Waals surface area contributed by atoms with E-state index in [1.807, 2.05) is 12.4 Å². The Kier molecular flexibility index (Phi) is 7.12. The lowest BCUT2D eigenvalue weighted by Crippen LogP contribution is -2.34. The van der Waals surface area contributed by atoms with Crippen LogP contribution in [0.2, 0.25) is 0 Å². The fraction of sp³-hybridized carbons (Fsp3) is 0.483. The van der Waals surface area contributed by atoms with Crippen molar-refractivity contribution in [3.63, 3.8) is 0 Å². The van der Waals surface area contributed by atoms with E-state index < -0.39 is 0 Å². The van der Waals surface area contributed by atoms with Gasteiger partial charge < -0.3 is 19.5 Å². The van der Waals surface area contributed by atoms with Gasteiger partial charge in [-0.05, 0) is 49.9 Å². The summed E-state index contributed by atoms with van der Waals surface area (Å²) in [5.41, 5.74) is 6.54. The zero-order valence-corrected chi connectivity index (χ0v) is 22.3. The van der Waals surface area contributed by atoms with E-state index in [1.54, 1.807) is 12.3 Å². The fourth-order valence-corrected chi connectivity index (χ4v) is 5.82. The first kappa shape index (κ1) is 25.0. The molecule has 2 fully saturated rings. The van der Waals surface area contributed by atoms with Gasteiger partial charge in [-0.3, -0.25) is 4.68 Å². The van der Waals surface area contributed by atoms with Gasteiger partial charge in [-0.15, -0.1) is 0 Å². The summed E-state index contributed by atoms with van der Waals surface area (Å²) in [6, 6.07) is 4.08. The van der Waals surface area contributed by atoms with Gasteiger partial charge in [0.15, 0.2) is 5.65 Å². The Bertz CT molecular complexity index is 1400. The first-order chi connectivity index (χ1) is 18.6. The van der Waals surface area contributed by atoms with Crippen molar-refractivity contribution in [3.05, 3.63) is 48.3 Å². The molecule has 0 saturated carbocycles. The summed E-state index contributed by atoms with van der Waals surface area (Å²) in [5.74, 6) is -0.215. The lowest BCUT2D eigenvalue weighted by atomic mass is 10.0. The second-order valence-electron chi connectivity index (χ2n) is 10.3. The minimum Gasteiger partial charge on any atom is -0.380 e. The van der Waals surface area contributed by atoms with Crippen LogP contribution >= 0.6 is 0 Å². The van der Waals surface area contributed by atoms with Crippen molar-refractivity contribution in [1.29, 1.82) is 0 Å². The van der Waals surface area contributed by atoms with Crippen molar-refractivity contribution < 1.29 is 9.13 Å². The standard InChI is InChI=1S/C29H36FN7O/c1-3-20-14-21(15-25(30)28(20)36-8-5-12-38-13-11-36)26-18-32-29-27(34-26)24(17-31-29)22-16-33-37(19-22)23-6-9-35(4-2)10-7-23/h14-19,23H,3-13H2,1-2H3,(H,31,32). The third kappa shape index (κ3) is 4.80. The lowest BCUT2D eigenvalue weighted by Gasteiger charge is -2.31. The molecule has 0 unspecified atom stereocenters. The smallest absolute Gasteiger partial charge is 0.156 e. The van der Waals surface area contributed by atoms with Crippen LogP contribution in [-0.4, -0.2) is 75.6 Å². The van der Waals surface area contributed by atoms with Crippen LogP contribution in [0.3, 0.4) is 0 Å². The molecule has 0 amide bonds. The predicted molar refractivity (Wildman–Crippen MR) is 148 cm³/mol. The molecule has 0 bridgehead atoms. The first-order valence-electron chi connectivity index (χ1n) is 13.9. The Labute approximate surface area is 222 Å². The molecule has 38 heavy (non-hydrogen) atoms. The Hall–Kier alpha value is -3.30. The zero-order valence-electron chi connectivity index (χ0n) is 22.3. The number of H-pyrrole nitrogens is 1. The summed E-state index contributed by atoms with van der Waals surface area (Å²) in [7, 11) is 0. The molecule has 3 aromatic heterocycles. The maximum atomic E-state index is 15.6. The molecule has 0 radical (unpaired) electrons. The van der Waals surface area contributed by atoms with E-state index in [1.165, 1.54) is 0 Å². The Morgan fingerprint density at radius 3 is 2.74 bits per heavy atom. The molecule has 1 aromatic carbocycles. The maximum Gasteiger partial charge on any atom is 0.156 e. The van der Waals surface area contributed by atoms with Crippen LogP contribution in [0.5, 0.6) is 0 Å². The number of nitrogens with one attached hydrogen (secondary N) is 1. The van der Waals surface area contributed by atoms with Gasteiger partial charge in [0.1, 0.15) is 11.3 Å². The average Bonchev–Trinajstić information content (AvgIpc) is 3.52. The molecule has 1 N–H and O–H groups in total. The number of aromatic amines is 1. The number of ether oxygens (including phenoxy) is 1. The molecule has 2 saturated heterocycles. The van der Waals surface area contributed by atoms with E-state index in [0.717, 1.165) is 86.2 Å². The first-order valence-corrected chi connectivity index (χ1v) is 13.9. The van der Waals surface area contributed by atoms with E-state index in [0.29, 0.717) is 36.2 Å². The van der Waals surface area contributed by atoms with E-state index in [2.05, 4.69) is 50.6 Å². The Morgan fingerprint density at radius 1 is 1.05 bits per heavy atom. The molecule has 200 valence electrons. The summed E-state index contributed by atoms with van der Waals surface area (Å²) >= 11 is 0. The molecule has 0 spiro atoms. The van der Waals surface area contributed by atoms with Crippen molar-refractivity contribution in [2.75, 3.05) is 50.8 Å².